The second kappa shape index (κ2) is 6.92. The Bertz CT molecular complexity index is 495. The van der Waals surface area contributed by atoms with Crippen molar-refractivity contribution in [3.05, 3.63) is 23.4 Å². The van der Waals surface area contributed by atoms with Gasteiger partial charge in [-0.15, -0.1) is 0 Å². The van der Waals surface area contributed by atoms with Crippen molar-refractivity contribution in [2.45, 2.75) is 58.4 Å². The predicted molar refractivity (Wildman–Crippen MR) is 86.8 cm³/mol. The van der Waals surface area contributed by atoms with Crippen LogP contribution in [0.3, 0.4) is 0 Å². The molecule has 0 aromatic carbocycles. The van der Waals surface area contributed by atoms with E-state index in [1.807, 2.05) is 19.2 Å². The lowest BCUT2D eigenvalue weighted by Crippen LogP contribution is -2.34. The number of hydrogen-bond donors (Lipinski definition) is 2. The van der Waals surface area contributed by atoms with E-state index in [4.69, 9.17) is 0 Å². The van der Waals surface area contributed by atoms with Crippen LogP contribution in [0.15, 0.2) is 12.1 Å². The fraction of sp³-hybridized carbons (Fsp3) is 0.647. The molecule has 4 nitrogen and oxygen atoms in total. The van der Waals surface area contributed by atoms with Crippen molar-refractivity contribution < 1.29 is 4.79 Å². The van der Waals surface area contributed by atoms with Crippen LogP contribution in [0.1, 0.15) is 68.4 Å². The topological polar surface area (TPSA) is 54.0 Å². The molecule has 0 saturated heterocycles. The van der Waals surface area contributed by atoms with E-state index < -0.39 is 0 Å². The van der Waals surface area contributed by atoms with Crippen LogP contribution in [0.5, 0.6) is 0 Å². The number of carbonyl (C=O) groups is 1. The number of hydrogen-bond acceptors (Lipinski definition) is 3. The average molecular weight is 289 g/mol. The van der Waals surface area contributed by atoms with Crippen molar-refractivity contribution in [2.24, 2.45) is 5.92 Å². The molecule has 2 rings (SSSR count). The highest BCUT2D eigenvalue weighted by Crippen LogP contribution is 2.34. The summed E-state index contributed by atoms with van der Waals surface area (Å²) in [6.07, 6.45) is 4.75. The molecular weight excluding hydrogens is 262 g/mol. The van der Waals surface area contributed by atoms with Crippen LogP contribution in [-0.4, -0.2) is 24.0 Å². The van der Waals surface area contributed by atoms with Gasteiger partial charge >= 0.3 is 0 Å². The number of nitrogens with zero attached hydrogens (tertiary/aromatic N) is 1. The first-order valence-electron chi connectivity index (χ1n) is 8.04. The summed E-state index contributed by atoms with van der Waals surface area (Å²) in [6.45, 7) is 6.31. The van der Waals surface area contributed by atoms with E-state index >= 15 is 0 Å². The van der Waals surface area contributed by atoms with Gasteiger partial charge in [0.2, 0.25) is 0 Å². The first-order valence-corrected chi connectivity index (χ1v) is 8.04. The van der Waals surface area contributed by atoms with Gasteiger partial charge < -0.3 is 10.6 Å². The molecule has 0 aliphatic heterocycles. The second-order valence-corrected chi connectivity index (χ2v) is 6.33. The van der Waals surface area contributed by atoms with Gasteiger partial charge in [-0.2, -0.15) is 0 Å². The maximum atomic E-state index is 12.5. The molecule has 1 aromatic rings. The summed E-state index contributed by atoms with van der Waals surface area (Å²) in [5.74, 6) is 1.90. The van der Waals surface area contributed by atoms with E-state index in [-0.39, 0.29) is 5.91 Å². The Kier molecular flexibility index (Phi) is 5.21. The number of aromatic nitrogens is 1. The number of carbonyl (C=O) groups excluding carboxylic acids is 1. The molecule has 1 amide bonds. The molecule has 1 aliphatic rings. The van der Waals surface area contributed by atoms with Crippen LogP contribution in [-0.2, 0) is 0 Å². The van der Waals surface area contributed by atoms with E-state index in [0.29, 0.717) is 17.5 Å². The van der Waals surface area contributed by atoms with Crippen molar-refractivity contribution in [3.8, 4) is 0 Å². The molecule has 1 saturated carbocycles. The molecule has 1 heterocycles. The SMILES string of the molecule is CCC(CC1CC1)NC(=O)c1cc(NC)nc(C(C)C)c1. The third-order valence-electron chi connectivity index (χ3n) is 4.10. The molecule has 0 radical (unpaired) electrons. The maximum absolute atomic E-state index is 12.5. The minimum absolute atomic E-state index is 0.0169. The molecule has 1 fully saturated rings. The Balaban J connectivity index is 2.11. The van der Waals surface area contributed by atoms with Gasteiger partial charge in [-0.25, -0.2) is 4.98 Å². The van der Waals surface area contributed by atoms with Crippen LogP contribution in [0.25, 0.3) is 0 Å². The van der Waals surface area contributed by atoms with Crippen LogP contribution >= 0.6 is 0 Å². The van der Waals surface area contributed by atoms with E-state index in [2.05, 4.69) is 36.4 Å². The Hall–Kier alpha value is -1.58. The summed E-state index contributed by atoms with van der Waals surface area (Å²) in [5.41, 5.74) is 1.65. The number of rotatable bonds is 7. The van der Waals surface area contributed by atoms with Crippen molar-refractivity contribution in [3.63, 3.8) is 0 Å². The smallest absolute Gasteiger partial charge is 0.251 e. The lowest BCUT2D eigenvalue weighted by Gasteiger charge is -2.17. The maximum Gasteiger partial charge on any atom is 0.251 e. The van der Waals surface area contributed by atoms with Gasteiger partial charge in [0.05, 0.1) is 0 Å². The van der Waals surface area contributed by atoms with Gasteiger partial charge in [-0.1, -0.05) is 33.6 Å². The first kappa shape index (κ1) is 15.8. The van der Waals surface area contributed by atoms with Crippen molar-refractivity contribution in [1.29, 1.82) is 0 Å². The van der Waals surface area contributed by atoms with Crippen molar-refractivity contribution >= 4 is 11.7 Å². The van der Waals surface area contributed by atoms with E-state index in [9.17, 15) is 4.79 Å². The fourth-order valence-electron chi connectivity index (χ4n) is 2.46. The number of amides is 1. The molecule has 1 aliphatic carbocycles. The molecule has 0 spiro atoms. The lowest BCUT2D eigenvalue weighted by molar-refractivity contribution is 0.0932. The van der Waals surface area contributed by atoms with Crippen LogP contribution < -0.4 is 10.6 Å². The van der Waals surface area contributed by atoms with Gasteiger partial charge in [0, 0.05) is 24.3 Å². The molecule has 116 valence electrons. The highest BCUT2D eigenvalue weighted by molar-refractivity contribution is 5.95. The fourth-order valence-corrected chi connectivity index (χ4v) is 2.46. The van der Waals surface area contributed by atoms with E-state index in [1.165, 1.54) is 12.8 Å². The normalized spacial score (nSPS) is 15.9. The van der Waals surface area contributed by atoms with Gasteiger partial charge in [-0.05, 0) is 36.8 Å². The zero-order chi connectivity index (χ0) is 15.4. The largest absolute Gasteiger partial charge is 0.373 e. The first-order chi connectivity index (χ1) is 10.0. The highest BCUT2D eigenvalue weighted by atomic mass is 16.1. The minimum atomic E-state index is 0.0169. The summed E-state index contributed by atoms with van der Waals surface area (Å²) >= 11 is 0. The summed E-state index contributed by atoms with van der Waals surface area (Å²) in [4.78, 5) is 17.0. The molecule has 1 atom stereocenters. The summed E-state index contributed by atoms with van der Waals surface area (Å²) in [6, 6.07) is 4.02. The molecule has 0 bridgehead atoms. The van der Waals surface area contributed by atoms with Crippen molar-refractivity contribution in [1.82, 2.24) is 10.3 Å². The average Bonchev–Trinajstić information content (AvgIpc) is 3.29. The zero-order valence-corrected chi connectivity index (χ0v) is 13.6. The Morgan fingerprint density at radius 2 is 2.10 bits per heavy atom. The second-order valence-electron chi connectivity index (χ2n) is 6.33. The third-order valence-corrected chi connectivity index (χ3v) is 4.10. The number of anilines is 1. The van der Waals surface area contributed by atoms with Gasteiger partial charge in [0.25, 0.3) is 5.91 Å². The number of nitrogens with one attached hydrogen (secondary N) is 2. The van der Waals surface area contributed by atoms with Crippen LogP contribution in [0, 0.1) is 5.92 Å². The monoisotopic (exact) mass is 289 g/mol. The van der Waals surface area contributed by atoms with Crippen LogP contribution in [0.4, 0.5) is 5.82 Å². The molecule has 2 N–H and O–H groups in total. The minimum Gasteiger partial charge on any atom is -0.373 e. The molecule has 21 heavy (non-hydrogen) atoms. The Morgan fingerprint density at radius 3 is 2.62 bits per heavy atom. The van der Waals surface area contributed by atoms with E-state index in [0.717, 1.165) is 30.3 Å². The number of pyridine rings is 1. The third kappa shape index (κ3) is 4.45. The molecule has 4 heteroatoms. The molecular formula is C17H27N3O. The lowest BCUT2D eigenvalue weighted by atomic mass is 10.0. The summed E-state index contributed by atoms with van der Waals surface area (Å²) < 4.78 is 0. The molecule has 1 unspecified atom stereocenters. The van der Waals surface area contributed by atoms with Crippen LogP contribution in [0.2, 0.25) is 0 Å². The Labute approximate surface area is 127 Å². The van der Waals surface area contributed by atoms with Gasteiger partial charge in [0.15, 0.2) is 0 Å². The standard InChI is InChI=1S/C17H27N3O/c1-5-14(8-12-6-7-12)19-17(21)13-9-15(11(2)3)20-16(10-13)18-4/h9-12,14H,5-8H2,1-4H3,(H,18,20)(H,19,21). The highest BCUT2D eigenvalue weighted by Gasteiger charge is 2.25. The zero-order valence-electron chi connectivity index (χ0n) is 13.6. The predicted octanol–water partition coefficient (Wildman–Crippen LogP) is 3.56. The van der Waals surface area contributed by atoms with E-state index in [1.54, 1.807) is 0 Å². The van der Waals surface area contributed by atoms with Gasteiger partial charge in [-0.3, -0.25) is 4.79 Å². The summed E-state index contributed by atoms with van der Waals surface area (Å²) in [7, 11) is 1.83. The molecule has 1 aromatic heterocycles. The Morgan fingerprint density at radius 1 is 1.38 bits per heavy atom. The van der Waals surface area contributed by atoms with Gasteiger partial charge in [0.1, 0.15) is 5.82 Å². The quantitative estimate of drug-likeness (QED) is 0.807. The summed E-state index contributed by atoms with van der Waals surface area (Å²) in [5, 5.41) is 6.21. The van der Waals surface area contributed by atoms with Crippen molar-refractivity contribution in [2.75, 3.05) is 12.4 Å².